The van der Waals surface area contributed by atoms with E-state index >= 15 is 0 Å². The number of morpholine rings is 1. The van der Waals surface area contributed by atoms with E-state index in [1.54, 1.807) is 0 Å². The summed E-state index contributed by atoms with van der Waals surface area (Å²) in [6.45, 7) is 9.65. The third-order valence-electron chi connectivity index (χ3n) is 2.61. The predicted octanol–water partition coefficient (Wildman–Crippen LogP) is 1.07. The summed E-state index contributed by atoms with van der Waals surface area (Å²) in [5.74, 6) is 1.24. The van der Waals surface area contributed by atoms with Gasteiger partial charge in [0.05, 0.1) is 19.3 Å². The van der Waals surface area contributed by atoms with Gasteiger partial charge in [-0.3, -0.25) is 4.99 Å². The lowest BCUT2D eigenvalue weighted by Gasteiger charge is -2.35. The zero-order valence-corrected chi connectivity index (χ0v) is 10.1. The summed E-state index contributed by atoms with van der Waals surface area (Å²) in [6.07, 6.45) is 1.05. The summed E-state index contributed by atoms with van der Waals surface area (Å²) in [7, 11) is 0. The van der Waals surface area contributed by atoms with E-state index in [-0.39, 0.29) is 0 Å². The molecule has 0 aliphatic carbocycles. The molecule has 1 aliphatic heterocycles. The van der Waals surface area contributed by atoms with Gasteiger partial charge < -0.3 is 15.4 Å². The zero-order valence-electron chi connectivity index (χ0n) is 10.1. The van der Waals surface area contributed by atoms with E-state index < -0.39 is 0 Å². The second-order valence-electron chi connectivity index (χ2n) is 4.42. The summed E-state index contributed by atoms with van der Waals surface area (Å²) in [5.41, 5.74) is 5.98. The molecular formula is C11H23N3O. The van der Waals surface area contributed by atoms with Crippen LogP contribution in [-0.2, 0) is 4.74 Å². The highest BCUT2D eigenvalue weighted by atomic mass is 16.5. The van der Waals surface area contributed by atoms with Gasteiger partial charge in [-0.05, 0) is 12.3 Å². The number of aliphatic imine (C=N–C) groups is 1. The first-order valence-electron chi connectivity index (χ1n) is 5.79. The van der Waals surface area contributed by atoms with Crippen molar-refractivity contribution in [2.24, 2.45) is 16.6 Å². The first kappa shape index (κ1) is 12.3. The zero-order chi connectivity index (χ0) is 11.3. The first-order chi connectivity index (χ1) is 7.15. The highest BCUT2D eigenvalue weighted by Gasteiger charge is 2.22. The number of nitrogens with zero attached hydrogens (tertiary/aromatic N) is 2. The van der Waals surface area contributed by atoms with Crippen LogP contribution in [0.2, 0.25) is 0 Å². The Bertz CT molecular complexity index is 216. The quantitative estimate of drug-likeness (QED) is 0.563. The number of hydrogen-bond acceptors (Lipinski definition) is 2. The molecule has 1 saturated heterocycles. The van der Waals surface area contributed by atoms with Crippen molar-refractivity contribution >= 4 is 5.96 Å². The molecule has 1 rings (SSSR count). The van der Waals surface area contributed by atoms with Crippen molar-refractivity contribution in [3.8, 4) is 0 Å². The van der Waals surface area contributed by atoms with Crippen LogP contribution in [0.4, 0.5) is 0 Å². The van der Waals surface area contributed by atoms with Gasteiger partial charge in [-0.25, -0.2) is 0 Å². The molecule has 1 unspecified atom stereocenters. The molecule has 0 radical (unpaired) electrons. The average Bonchev–Trinajstić information content (AvgIpc) is 2.25. The Kier molecular flexibility index (Phi) is 4.88. The lowest BCUT2D eigenvalue weighted by atomic mass is 10.2. The van der Waals surface area contributed by atoms with E-state index in [2.05, 4.69) is 30.7 Å². The van der Waals surface area contributed by atoms with E-state index in [9.17, 15) is 0 Å². The lowest BCUT2D eigenvalue weighted by Crippen LogP contribution is -2.51. The van der Waals surface area contributed by atoms with Crippen LogP contribution >= 0.6 is 0 Å². The molecule has 15 heavy (non-hydrogen) atoms. The van der Waals surface area contributed by atoms with Crippen molar-refractivity contribution in [1.82, 2.24) is 4.90 Å². The molecule has 88 valence electrons. The molecule has 1 fully saturated rings. The van der Waals surface area contributed by atoms with Gasteiger partial charge >= 0.3 is 0 Å². The summed E-state index contributed by atoms with van der Waals surface area (Å²) in [5, 5.41) is 0. The molecule has 0 bridgehead atoms. The summed E-state index contributed by atoms with van der Waals surface area (Å²) < 4.78 is 5.43. The highest BCUT2D eigenvalue weighted by Crippen LogP contribution is 2.09. The normalized spacial score (nSPS) is 23.6. The third kappa shape index (κ3) is 3.70. The molecule has 0 saturated carbocycles. The maximum Gasteiger partial charge on any atom is 0.191 e. The Labute approximate surface area is 92.5 Å². The van der Waals surface area contributed by atoms with E-state index in [0.29, 0.717) is 17.9 Å². The van der Waals surface area contributed by atoms with Crippen molar-refractivity contribution in [2.75, 3.05) is 26.3 Å². The number of nitrogens with two attached hydrogens (primary N) is 1. The van der Waals surface area contributed by atoms with Crippen LogP contribution in [0.3, 0.4) is 0 Å². The fourth-order valence-corrected chi connectivity index (χ4v) is 1.66. The average molecular weight is 213 g/mol. The molecule has 1 atom stereocenters. The molecule has 2 N–H and O–H groups in total. The summed E-state index contributed by atoms with van der Waals surface area (Å²) >= 11 is 0. The van der Waals surface area contributed by atoms with Crippen molar-refractivity contribution in [1.29, 1.82) is 0 Å². The highest BCUT2D eigenvalue weighted by molar-refractivity contribution is 5.78. The molecule has 4 heteroatoms. The minimum Gasteiger partial charge on any atom is -0.377 e. The largest absolute Gasteiger partial charge is 0.377 e. The molecule has 1 heterocycles. The van der Waals surface area contributed by atoms with E-state index in [4.69, 9.17) is 10.5 Å². The van der Waals surface area contributed by atoms with Crippen LogP contribution in [0.25, 0.3) is 0 Å². The number of guanidine groups is 1. The first-order valence-corrected chi connectivity index (χ1v) is 5.79. The Morgan fingerprint density at radius 2 is 2.33 bits per heavy atom. The number of rotatable bonds is 3. The molecule has 0 aromatic heterocycles. The molecule has 0 aromatic carbocycles. The molecule has 1 aliphatic rings. The van der Waals surface area contributed by atoms with Crippen molar-refractivity contribution in [2.45, 2.75) is 33.2 Å². The van der Waals surface area contributed by atoms with Crippen molar-refractivity contribution in [3.05, 3.63) is 0 Å². The monoisotopic (exact) mass is 213 g/mol. The van der Waals surface area contributed by atoms with Gasteiger partial charge in [0.15, 0.2) is 5.96 Å². The Hall–Kier alpha value is -0.770. The fourth-order valence-electron chi connectivity index (χ4n) is 1.66. The van der Waals surface area contributed by atoms with E-state index in [1.165, 1.54) is 0 Å². The SMILES string of the molecule is CCC1COCCN1C(N)=NCC(C)C. The predicted molar refractivity (Wildman–Crippen MR) is 62.9 cm³/mol. The van der Waals surface area contributed by atoms with Crippen LogP contribution in [0.15, 0.2) is 4.99 Å². The van der Waals surface area contributed by atoms with Gasteiger partial charge in [-0.2, -0.15) is 0 Å². The summed E-state index contributed by atoms with van der Waals surface area (Å²) in [4.78, 5) is 6.58. The molecule has 0 spiro atoms. The third-order valence-corrected chi connectivity index (χ3v) is 2.61. The topological polar surface area (TPSA) is 50.9 Å². The maximum absolute atomic E-state index is 5.98. The van der Waals surface area contributed by atoms with Crippen LogP contribution in [-0.4, -0.2) is 43.2 Å². The lowest BCUT2D eigenvalue weighted by molar-refractivity contribution is 0.0245. The van der Waals surface area contributed by atoms with Crippen LogP contribution in [0.1, 0.15) is 27.2 Å². The van der Waals surface area contributed by atoms with Gasteiger partial charge in [0.2, 0.25) is 0 Å². The van der Waals surface area contributed by atoms with Gasteiger partial charge in [0.25, 0.3) is 0 Å². The second-order valence-corrected chi connectivity index (χ2v) is 4.42. The van der Waals surface area contributed by atoms with Crippen LogP contribution in [0, 0.1) is 5.92 Å². The minimum absolute atomic E-state index is 0.398. The van der Waals surface area contributed by atoms with Crippen molar-refractivity contribution < 1.29 is 4.74 Å². The summed E-state index contributed by atoms with van der Waals surface area (Å²) in [6, 6.07) is 0.398. The number of hydrogen-bond donors (Lipinski definition) is 1. The minimum atomic E-state index is 0.398. The van der Waals surface area contributed by atoms with Crippen LogP contribution in [0.5, 0.6) is 0 Å². The van der Waals surface area contributed by atoms with E-state index in [1.807, 2.05) is 0 Å². The Morgan fingerprint density at radius 1 is 1.60 bits per heavy atom. The second kappa shape index (κ2) is 5.95. The standard InChI is InChI=1S/C11H23N3O/c1-4-10-8-15-6-5-14(10)11(12)13-7-9(2)3/h9-10H,4-8H2,1-3H3,(H2,12,13). The number of ether oxygens (including phenoxy) is 1. The molecule has 0 aromatic rings. The van der Waals surface area contributed by atoms with Crippen molar-refractivity contribution in [3.63, 3.8) is 0 Å². The Morgan fingerprint density at radius 3 is 2.93 bits per heavy atom. The van der Waals surface area contributed by atoms with Gasteiger partial charge in [0, 0.05) is 13.1 Å². The fraction of sp³-hybridized carbons (Fsp3) is 0.909. The molecule has 0 amide bonds. The van der Waals surface area contributed by atoms with Crippen LogP contribution < -0.4 is 5.73 Å². The Balaban J connectivity index is 2.54. The smallest absolute Gasteiger partial charge is 0.191 e. The molecular weight excluding hydrogens is 190 g/mol. The van der Waals surface area contributed by atoms with Gasteiger partial charge in [-0.15, -0.1) is 0 Å². The maximum atomic E-state index is 5.98. The molecule has 4 nitrogen and oxygen atoms in total. The van der Waals surface area contributed by atoms with Gasteiger partial charge in [0.1, 0.15) is 0 Å². The van der Waals surface area contributed by atoms with Gasteiger partial charge in [-0.1, -0.05) is 20.8 Å². The van der Waals surface area contributed by atoms with E-state index in [0.717, 1.165) is 32.7 Å².